The first-order valence-corrected chi connectivity index (χ1v) is 6.64. The fourth-order valence-electron chi connectivity index (χ4n) is 2.24. The van der Waals surface area contributed by atoms with Crippen molar-refractivity contribution in [1.82, 2.24) is 5.32 Å². The Hall–Kier alpha value is -0.580. The highest BCUT2D eigenvalue weighted by Crippen LogP contribution is 2.35. The standard InChI is InChI=1S/C12H19NO2S/c1-15-10-3-8-16-11(10)9-13-12(6-7-14)4-2-5-12/h3,8,13-14H,2,4-7,9H2,1H3. The normalized spacial score (nSPS) is 18.1. The molecule has 2 N–H and O–H groups in total. The predicted octanol–water partition coefficient (Wildman–Crippen LogP) is 2.15. The van der Waals surface area contributed by atoms with E-state index < -0.39 is 0 Å². The van der Waals surface area contributed by atoms with E-state index in [4.69, 9.17) is 9.84 Å². The van der Waals surface area contributed by atoms with Crippen LogP contribution in [0.3, 0.4) is 0 Å². The second-order valence-corrected chi connectivity index (χ2v) is 5.37. The highest BCUT2D eigenvalue weighted by molar-refractivity contribution is 7.10. The summed E-state index contributed by atoms with van der Waals surface area (Å²) in [6.45, 7) is 1.12. The van der Waals surface area contributed by atoms with Crippen LogP contribution in [-0.4, -0.2) is 24.4 Å². The summed E-state index contributed by atoms with van der Waals surface area (Å²) >= 11 is 1.72. The number of methoxy groups -OCH3 is 1. The van der Waals surface area contributed by atoms with Crippen LogP contribution in [0.15, 0.2) is 11.4 Å². The molecule has 0 bridgehead atoms. The van der Waals surface area contributed by atoms with Crippen molar-refractivity contribution < 1.29 is 9.84 Å². The molecule has 1 heterocycles. The number of hydrogen-bond acceptors (Lipinski definition) is 4. The first kappa shape index (κ1) is 11.9. The smallest absolute Gasteiger partial charge is 0.134 e. The maximum absolute atomic E-state index is 9.06. The molecule has 0 radical (unpaired) electrons. The first-order valence-electron chi connectivity index (χ1n) is 5.76. The van der Waals surface area contributed by atoms with E-state index in [1.807, 2.05) is 6.07 Å². The van der Waals surface area contributed by atoms with Crippen LogP contribution < -0.4 is 10.1 Å². The summed E-state index contributed by atoms with van der Waals surface area (Å²) < 4.78 is 5.28. The van der Waals surface area contributed by atoms with Crippen molar-refractivity contribution >= 4 is 11.3 Å². The molecule has 2 rings (SSSR count). The third-order valence-electron chi connectivity index (χ3n) is 3.45. The molecule has 1 aliphatic carbocycles. The fraction of sp³-hybridized carbons (Fsp3) is 0.667. The topological polar surface area (TPSA) is 41.5 Å². The molecular formula is C12H19NO2S. The summed E-state index contributed by atoms with van der Waals surface area (Å²) in [6.07, 6.45) is 4.50. The maximum Gasteiger partial charge on any atom is 0.134 e. The van der Waals surface area contributed by atoms with Crippen molar-refractivity contribution in [2.75, 3.05) is 13.7 Å². The molecule has 4 heteroatoms. The Balaban J connectivity index is 1.91. The van der Waals surface area contributed by atoms with Gasteiger partial charge in [-0.25, -0.2) is 0 Å². The average Bonchev–Trinajstić information content (AvgIpc) is 2.69. The van der Waals surface area contributed by atoms with Crippen LogP contribution in [0.4, 0.5) is 0 Å². The van der Waals surface area contributed by atoms with Gasteiger partial charge in [0.25, 0.3) is 0 Å². The zero-order valence-electron chi connectivity index (χ0n) is 9.66. The summed E-state index contributed by atoms with van der Waals surface area (Å²) in [6, 6.07) is 2.00. The second-order valence-electron chi connectivity index (χ2n) is 4.37. The van der Waals surface area contributed by atoms with Crippen LogP contribution in [0, 0.1) is 0 Å². The van der Waals surface area contributed by atoms with Gasteiger partial charge >= 0.3 is 0 Å². The summed E-state index contributed by atoms with van der Waals surface area (Å²) in [5.41, 5.74) is 0.184. The molecule has 3 nitrogen and oxygen atoms in total. The van der Waals surface area contributed by atoms with E-state index in [-0.39, 0.29) is 12.1 Å². The molecule has 0 aliphatic heterocycles. The Bertz CT molecular complexity index is 334. The minimum atomic E-state index is 0.184. The fourth-order valence-corrected chi connectivity index (χ4v) is 3.02. The molecule has 0 unspecified atom stereocenters. The molecule has 1 saturated carbocycles. The summed E-state index contributed by atoms with van der Waals surface area (Å²) in [4.78, 5) is 1.24. The van der Waals surface area contributed by atoms with Gasteiger partial charge in [0.1, 0.15) is 5.75 Å². The molecule has 0 amide bonds. The van der Waals surface area contributed by atoms with Crippen molar-refractivity contribution in [2.24, 2.45) is 0 Å². The second kappa shape index (κ2) is 5.17. The zero-order chi connectivity index (χ0) is 11.4. The van der Waals surface area contributed by atoms with Crippen LogP contribution in [-0.2, 0) is 6.54 Å². The number of rotatable bonds is 6. The number of ether oxygens (including phenoxy) is 1. The third-order valence-corrected chi connectivity index (χ3v) is 4.35. The van der Waals surface area contributed by atoms with E-state index in [0.717, 1.165) is 18.7 Å². The molecule has 90 valence electrons. The molecule has 0 spiro atoms. The van der Waals surface area contributed by atoms with Crippen molar-refractivity contribution in [2.45, 2.75) is 37.8 Å². The van der Waals surface area contributed by atoms with Gasteiger partial charge in [-0.05, 0) is 37.1 Å². The Kier molecular flexibility index (Phi) is 3.84. The lowest BCUT2D eigenvalue weighted by molar-refractivity contribution is 0.130. The van der Waals surface area contributed by atoms with Gasteiger partial charge in [0.15, 0.2) is 0 Å². The van der Waals surface area contributed by atoms with E-state index in [9.17, 15) is 0 Å². The lowest BCUT2D eigenvalue weighted by Gasteiger charge is -2.42. The molecule has 1 aliphatic rings. The van der Waals surface area contributed by atoms with Crippen molar-refractivity contribution in [3.63, 3.8) is 0 Å². The zero-order valence-corrected chi connectivity index (χ0v) is 10.5. The summed E-state index contributed by atoms with van der Waals surface area (Å²) in [5.74, 6) is 0.968. The summed E-state index contributed by atoms with van der Waals surface area (Å²) in [7, 11) is 1.71. The molecule has 0 atom stereocenters. The quantitative estimate of drug-likeness (QED) is 0.802. The lowest BCUT2D eigenvalue weighted by atomic mass is 9.74. The van der Waals surface area contributed by atoms with Gasteiger partial charge in [0.2, 0.25) is 0 Å². The Labute approximate surface area is 100 Å². The van der Waals surface area contributed by atoms with Crippen LogP contribution in [0.25, 0.3) is 0 Å². The van der Waals surface area contributed by atoms with Crippen LogP contribution in [0.1, 0.15) is 30.6 Å². The highest BCUT2D eigenvalue weighted by atomic mass is 32.1. The number of hydrogen-bond donors (Lipinski definition) is 2. The molecule has 1 aromatic heterocycles. The van der Waals surface area contributed by atoms with Crippen LogP contribution in [0.5, 0.6) is 5.75 Å². The monoisotopic (exact) mass is 241 g/mol. The van der Waals surface area contributed by atoms with Gasteiger partial charge in [-0.2, -0.15) is 0 Å². The third kappa shape index (κ3) is 2.39. The van der Waals surface area contributed by atoms with E-state index in [0.29, 0.717) is 0 Å². The largest absolute Gasteiger partial charge is 0.496 e. The summed E-state index contributed by atoms with van der Waals surface area (Å²) in [5, 5.41) is 14.7. The van der Waals surface area contributed by atoms with Gasteiger partial charge < -0.3 is 15.2 Å². The average molecular weight is 241 g/mol. The van der Waals surface area contributed by atoms with Crippen LogP contribution >= 0.6 is 11.3 Å². The van der Waals surface area contributed by atoms with Gasteiger partial charge in [-0.15, -0.1) is 11.3 Å². The molecule has 1 aromatic rings. The van der Waals surface area contributed by atoms with Crippen molar-refractivity contribution in [1.29, 1.82) is 0 Å². The van der Waals surface area contributed by atoms with Crippen LogP contribution in [0.2, 0.25) is 0 Å². The maximum atomic E-state index is 9.06. The molecule has 0 saturated heterocycles. The number of thiophene rings is 1. The Morgan fingerprint density at radius 2 is 2.38 bits per heavy atom. The van der Waals surface area contributed by atoms with E-state index in [1.54, 1.807) is 18.4 Å². The first-order chi connectivity index (χ1) is 7.79. The minimum Gasteiger partial charge on any atom is -0.496 e. The minimum absolute atomic E-state index is 0.184. The lowest BCUT2D eigenvalue weighted by Crippen LogP contribution is -2.51. The van der Waals surface area contributed by atoms with Gasteiger partial charge in [-0.3, -0.25) is 0 Å². The molecule has 0 aromatic carbocycles. The van der Waals surface area contributed by atoms with E-state index in [1.165, 1.54) is 24.1 Å². The molecular weight excluding hydrogens is 222 g/mol. The molecule has 1 fully saturated rings. The molecule has 16 heavy (non-hydrogen) atoms. The van der Waals surface area contributed by atoms with Gasteiger partial charge in [0.05, 0.1) is 12.0 Å². The Morgan fingerprint density at radius 1 is 1.56 bits per heavy atom. The predicted molar refractivity (Wildman–Crippen MR) is 66.0 cm³/mol. The number of nitrogens with one attached hydrogen (secondary N) is 1. The van der Waals surface area contributed by atoms with Gasteiger partial charge in [0, 0.05) is 18.7 Å². The highest BCUT2D eigenvalue weighted by Gasteiger charge is 2.35. The number of aliphatic hydroxyl groups is 1. The van der Waals surface area contributed by atoms with Crippen molar-refractivity contribution in [3.05, 3.63) is 16.3 Å². The number of aliphatic hydroxyl groups excluding tert-OH is 1. The van der Waals surface area contributed by atoms with Crippen molar-refractivity contribution in [3.8, 4) is 5.75 Å². The SMILES string of the molecule is COc1ccsc1CNC1(CCO)CCC1. The van der Waals surface area contributed by atoms with Gasteiger partial charge in [-0.1, -0.05) is 0 Å². The van der Waals surface area contributed by atoms with E-state index in [2.05, 4.69) is 10.7 Å². The van der Waals surface area contributed by atoms with E-state index >= 15 is 0 Å². The Morgan fingerprint density at radius 3 is 2.94 bits per heavy atom.